The fraction of sp³-hybridized carbons (Fsp3) is 0.417. The van der Waals surface area contributed by atoms with Crippen molar-refractivity contribution in [2.45, 2.75) is 25.9 Å². The molecule has 2 aliphatic heterocycles. The zero-order valence-electron chi connectivity index (χ0n) is 18.1. The van der Waals surface area contributed by atoms with Crippen molar-refractivity contribution in [3.8, 4) is 0 Å². The number of piperazine rings is 1. The van der Waals surface area contributed by atoms with Crippen LogP contribution in [0, 0.1) is 0 Å². The highest BCUT2D eigenvalue weighted by atomic mass is 16.4. The van der Waals surface area contributed by atoms with E-state index in [1.54, 1.807) is 0 Å². The first-order chi connectivity index (χ1) is 15.0. The van der Waals surface area contributed by atoms with Crippen LogP contribution >= 0.6 is 0 Å². The number of urea groups is 1. The number of carboxylic acids is 1. The number of hydrogen-bond donors (Lipinski definition) is 1. The first-order valence-electron chi connectivity index (χ1n) is 10.9. The van der Waals surface area contributed by atoms with Crippen molar-refractivity contribution in [3.05, 3.63) is 60.2 Å². The maximum atomic E-state index is 12.6. The van der Waals surface area contributed by atoms with Crippen LogP contribution in [0.4, 0.5) is 16.2 Å². The molecule has 0 spiro atoms. The Morgan fingerprint density at radius 3 is 2.00 bits per heavy atom. The van der Waals surface area contributed by atoms with Crippen LogP contribution in [0.1, 0.15) is 25.5 Å². The topological polar surface area (TPSA) is 67.3 Å². The minimum Gasteiger partial charge on any atom is -0.480 e. The number of carbonyl (C=O) groups excluding carboxylic acids is 1. The van der Waals surface area contributed by atoms with Crippen LogP contribution in [0.15, 0.2) is 54.6 Å². The quantitative estimate of drug-likeness (QED) is 0.774. The summed E-state index contributed by atoms with van der Waals surface area (Å²) < 4.78 is 0. The first-order valence-corrected chi connectivity index (χ1v) is 10.9. The van der Waals surface area contributed by atoms with Crippen molar-refractivity contribution < 1.29 is 14.7 Å². The van der Waals surface area contributed by atoms with E-state index in [9.17, 15) is 14.7 Å². The molecular formula is C24H30N4O3. The van der Waals surface area contributed by atoms with E-state index in [-0.39, 0.29) is 12.1 Å². The second-order valence-electron chi connectivity index (χ2n) is 8.41. The SMILES string of the molecule is CC(C)N1CCN(c2ccc(N3CCN(C(C(=O)O)c4ccccc4)CC3)cc2)C1=O. The standard InChI is InChI=1S/C24H30N4O3/c1-18(2)27-16-17-28(24(27)31)21-10-8-20(9-11-21)25-12-14-26(15-13-25)22(23(29)30)19-6-4-3-5-7-19/h3-11,18,22H,12-17H2,1-2H3,(H,29,30). The Bertz CT molecular complexity index is 908. The molecule has 2 saturated heterocycles. The number of nitrogens with zero attached hydrogens (tertiary/aromatic N) is 4. The Labute approximate surface area is 183 Å². The van der Waals surface area contributed by atoms with Gasteiger partial charge in [0.25, 0.3) is 0 Å². The smallest absolute Gasteiger partial charge is 0.325 e. The Balaban J connectivity index is 1.39. The van der Waals surface area contributed by atoms with Gasteiger partial charge in [0.1, 0.15) is 6.04 Å². The van der Waals surface area contributed by atoms with Crippen molar-refractivity contribution >= 4 is 23.4 Å². The van der Waals surface area contributed by atoms with Crippen LogP contribution in [0.2, 0.25) is 0 Å². The number of aliphatic carboxylic acids is 1. The van der Waals surface area contributed by atoms with Gasteiger partial charge in [-0.05, 0) is 43.7 Å². The van der Waals surface area contributed by atoms with Crippen LogP contribution in [-0.2, 0) is 4.79 Å². The normalized spacial score (nSPS) is 18.7. The van der Waals surface area contributed by atoms with Crippen molar-refractivity contribution in [2.24, 2.45) is 0 Å². The molecule has 7 heteroatoms. The number of carboxylic acid groups (broad SMARTS) is 1. The molecular weight excluding hydrogens is 392 g/mol. The molecule has 0 aromatic heterocycles. The molecule has 1 unspecified atom stereocenters. The molecule has 2 heterocycles. The van der Waals surface area contributed by atoms with Gasteiger partial charge >= 0.3 is 12.0 Å². The molecule has 164 valence electrons. The van der Waals surface area contributed by atoms with Crippen molar-refractivity contribution in [2.75, 3.05) is 49.1 Å². The van der Waals surface area contributed by atoms with Crippen molar-refractivity contribution in [1.82, 2.24) is 9.80 Å². The van der Waals surface area contributed by atoms with Gasteiger partial charge < -0.3 is 14.9 Å². The number of carbonyl (C=O) groups is 2. The van der Waals surface area contributed by atoms with Gasteiger partial charge in [-0.1, -0.05) is 30.3 Å². The average molecular weight is 423 g/mol. The van der Waals surface area contributed by atoms with Crippen molar-refractivity contribution in [3.63, 3.8) is 0 Å². The van der Waals surface area contributed by atoms with E-state index in [0.717, 1.165) is 36.6 Å². The lowest BCUT2D eigenvalue weighted by molar-refractivity contribution is -0.143. The van der Waals surface area contributed by atoms with Crippen LogP contribution in [0.3, 0.4) is 0 Å². The lowest BCUT2D eigenvalue weighted by Gasteiger charge is -2.39. The summed E-state index contributed by atoms with van der Waals surface area (Å²) in [6, 6.07) is 17.2. The van der Waals surface area contributed by atoms with E-state index in [1.165, 1.54) is 0 Å². The van der Waals surface area contributed by atoms with E-state index in [0.29, 0.717) is 19.6 Å². The first kappa shape index (κ1) is 21.2. The summed E-state index contributed by atoms with van der Waals surface area (Å²) in [6.07, 6.45) is 0. The Morgan fingerprint density at radius 2 is 1.45 bits per heavy atom. The fourth-order valence-electron chi connectivity index (χ4n) is 4.50. The molecule has 31 heavy (non-hydrogen) atoms. The third-order valence-electron chi connectivity index (χ3n) is 6.22. The summed E-state index contributed by atoms with van der Waals surface area (Å²) in [5.74, 6) is -0.810. The lowest BCUT2D eigenvalue weighted by Crippen LogP contribution is -2.49. The number of benzene rings is 2. The Kier molecular flexibility index (Phi) is 6.13. The van der Waals surface area contributed by atoms with Crippen LogP contribution < -0.4 is 9.80 Å². The summed E-state index contributed by atoms with van der Waals surface area (Å²) in [6.45, 7) is 8.44. The number of amides is 2. The number of hydrogen-bond acceptors (Lipinski definition) is 4. The summed E-state index contributed by atoms with van der Waals surface area (Å²) >= 11 is 0. The largest absolute Gasteiger partial charge is 0.480 e. The van der Waals surface area contributed by atoms with Gasteiger partial charge in [-0.3, -0.25) is 14.6 Å². The predicted octanol–water partition coefficient (Wildman–Crippen LogP) is 3.28. The van der Waals surface area contributed by atoms with Gasteiger partial charge in [-0.15, -0.1) is 0 Å². The Hall–Kier alpha value is -3.06. The third kappa shape index (κ3) is 4.37. The van der Waals surface area contributed by atoms with Crippen molar-refractivity contribution in [1.29, 1.82) is 0 Å². The molecule has 2 aliphatic rings. The molecule has 1 N–H and O–H groups in total. The van der Waals surface area contributed by atoms with E-state index >= 15 is 0 Å². The fourth-order valence-corrected chi connectivity index (χ4v) is 4.50. The van der Waals surface area contributed by atoms with Gasteiger partial charge in [0, 0.05) is 56.7 Å². The molecule has 0 radical (unpaired) electrons. The maximum Gasteiger partial charge on any atom is 0.325 e. The highest BCUT2D eigenvalue weighted by Gasteiger charge is 2.32. The van der Waals surface area contributed by atoms with Gasteiger partial charge in [0.05, 0.1) is 0 Å². The average Bonchev–Trinajstić information content (AvgIpc) is 3.17. The van der Waals surface area contributed by atoms with Crippen LogP contribution in [-0.4, -0.2) is 72.2 Å². The molecule has 7 nitrogen and oxygen atoms in total. The molecule has 0 saturated carbocycles. The molecule has 2 amide bonds. The van der Waals surface area contributed by atoms with Gasteiger partial charge in [-0.2, -0.15) is 0 Å². The summed E-state index contributed by atoms with van der Waals surface area (Å²) in [5.41, 5.74) is 2.84. The van der Waals surface area contributed by atoms with Gasteiger partial charge in [-0.25, -0.2) is 4.79 Å². The second-order valence-corrected chi connectivity index (χ2v) is 8.41. The van der Waals surface area contributed by atoms with Gasteiger partial charge in [0.2, 0.25) is 0 Å². The van der Waals surface area contributed by atoms with Crippen LogP contribution in [0.5, 0.6) is 0 Å². The highest BCUT2D eigenvalue weighted by Crippen LogP contribution is 2.27. The summed E-state index contributed by atoms with van der Waals surface area (Å²) in [4.78, 5) is 32.5. The van der Waals surface area contributed by atoms with E-state index < -0.39 is 12.0 Å². The molecule has 4 rings (SSSR count). The van der Waals surface area contributed by atoms with Gasteiger partial charge in [0.15, 0.2) is 0 Å². The maximum absolute atomic E-state index is 12.6. The number of rotatable bonds is 6. The molecule has 1 atom stereocenters. The minimum absolute atomic E-state index is 0.0667. The zero-order chi connectivity index (χ0) is 22.0. The minimum atomic E-state index is -0.810. The second kappa shape index (κ2) is 8.98. The summed E-state index contributed by atoms with van der Waals surface area (Å²) in [7, 11) is 0. The molecule has 2 aromatic carbocycles. The molecule has 0 aliphatic carbocycles. The monoisotopic (exact) mass is 422 g/mol. The van der Waals surface area contributed by atoms with E-state index in [1.807, 2.05) is 71.0 Å². The molecule has 2 fully saturated rings. The highest BCUT2D eigenvalue weighted by molar-refractivity contribution is 5.94. The Morgan fingerprint density at radius 1 is 0.839 bits per heavy atom. The number of anilines is 2. The lowest BCUT2D eigenvalue weighted by atomic mass is 10.0. The van der Waals surface area contributed by atoms with E-state index in [2.05, 4.69) is 17.0 Å². The molecule has 0 bridgehead atoms. The third-order valence-corrected chi connectivity index (χ3v) is 6.22. The van der Waals surface area contributed by atoms with E-state index in [4.69, 9.17) is 0 Å². The molecule has 2 aromatic rings. The van der Waals surface area contributed by atoms with Crippen LogP contribution in [0.25, 0.3) is 0 Å². The summed E-state index contributed by atoms with van der Waals surface area (Å²) in [5, 5.41) is 9.78. The zero-order valence-corrected chi connectivity index (χ0v) is 18.1. The predicted molar refractivity (Wildman–Crippen MR) is 122 cm³/mol.